The summed E-state index contributed by atoms with van der Waals surface area (Å²) in [5.41, 5.74) is 1.41. The summed E-state index contributed by atoms with van der Waals surface area (Å²) in [6.45, 7) is 5.61. The molecule has 0 spiro atoms. The second kappa shape index (κ2) is 10.7. The minimum atomic E-state index is -0.731. The molecular formula is C21H23Cl3N2O3. The maximum Gasteiger partial charge on any atom is 0.261 e. The molecule has 8 heteroatoms. The fraction of sp³-hybridized carbons (Fsp3) is 0.333. The van der Waals surface area contributed by atoms with Gasteiger partial charge in [0.15, 0.2) is 6.61 Å². The molecule has 2 amide bonds. The number of nitrogens with zero attached hydrogens (tertiary/aromatic N) is 1. The van der Waals surface area contributed by atoms with Gasteiger partial charge in [-0.25, -0.2) is 0 Å². The number of hydrogen-bond donors (Lipinski definition) is 1. The molecule has 1 N–H and O–H groups in total. The lowest BCUT2D eigenvalue weighted by molar-refractivity contribution is -0.142. The number of aryl methyl sites for hydroxylation is 1. The van der Waals surface area contributed by atoms with E-state index in [1.807, 2.05) is 13.8 Å². The zero-order valence-corrected chi connectivity index (χ0v) is 18.7. The Hall–Kier alpha value is -1.95. The predicted octanol–water partition coefficient (Wildman–Crippen LogP) is 4.89. The second-order valence-electron chi connectivity index (χ2n) is 6.49. The van der Waals surface area contributed by atoms with E-state index in [9.17, 15) is 9.59 Å². The number of nitrogens with one attached hydrogen (secondary N) is 1. The number of carbonyl (C=O) groups excluding carboxylic acids is 2. The number of halogens is 3. The van der Waals surface area contributed by atoms with Gasteiger partial charge < -0.3 is 15.0 Å². The van der Waals surface area contributed by atoms with Gasteiger partial charge in [-0.3, -0.25) is 9.59 Å². The van der Waals surface area contributed by atoms with Gasteiger partial charge in [0.2, 0.25) is 5.91 Å². The molecule has 0 radical (unpaired) electrons. The van der Waals surface area contributed by atoms with Crippen LogP contribution in [0.15, 0.2) is 36.4 Å². The van der Waals surface area contributed by atoms with Crippen LogP contribution in [0.4, 0.5) is 0 Å². The van der Waals surface area contributed by atoms with Gasteiger partial charge in [-0.15, -0.1) is 0 Å². The van der Waals surface area contributed by atoms with E-state index in [4.69, 9.17) is 39.5 Å². The van der Waals surface area contributed by atoms with Crippen LogP contribution in [-0.4, -0.2) is 35.9 Å². The zero-order chi connectivity index (χ0) is 21.6. The van der Waals surface area contributed by atoms with Crippen LogP contribution in [-0.2, 0) is 16.1 Å². The average molecular weight is 458 g/mol. The smallest absolute Gasteiger partial charge is 0.261 e. The highest BCUT2D eigenvalue weighted by molar-refractivity contribution is 6.36. The van der Waals surface area contributed by atoms with Crippen LogP contribution in [0.3, 0.4) is 0 Å². The van der Waals surface area contributed by atoms with Gasteiger partial charge in [0, 0.05) is 33.7 Å². The standard InChI is InChI=1S/C21H23Cl3N2O3/c1-4-25-21(28)14(3)26(11-16-18(23)6-5-7-19(16)24)20(27)12-29-15-8-9-17(22)13(2)10-15/h5-10,14H,4,11-12H2,1-3H3,(H,25,28)/t14-/m0/s1. The molecule has 0 aliphatic heterocycles. The Morgan fingerprint density at radius 3 is 2.34 bits per heavy atom. The van der Waals surface area contributed by atoms with E-state index in [0.29, 0.717) is 32.9 Å². The van der Waals surface area contributed by atoms with Crippen LogP contribution in [0.1, 0.15) is 25.0 Å². The molecule has 1 atom stereocenters. The first-order valence-electron chi connectivity index (χ1n) is 9.13. The summed E-state index contributed by atoms with van der Waals surface area (Å²) in [7, 11) is 0. The van der Waals surface area contributed by atoms with Crippen LogP contribution < -0.4 is 10.1 Å². The summed E-state index contributed by atoms with van der Waals surface area (Å²) >= 11 is 18.5. The van der Waals surface area contributed by atoms with Gasteiger partial charge in [-0.05, 0) is 56.7 Å². The van der Waals surface area contributed by atoms with E-state index in [-0.39, 0.29) is 25.0 Å². The topological polar surface area (TPSA) is 58.6 Å². The van der Waals surface area contributed by atoms with Gasteiger partial charge in [0.1, 0.15) is 11.8 Å². The Kier molecular flexibility index (Phi) is 8.62. The predicted molar refractivity (Wildman–Crippen MR) is 117 cm³/mol. The molecule has 0 saturated heterocycles. The molecule has 0 bridgehead atoms. The van der Waals surface area contributed by atoms with Crippen molar-refractivity contribution in [2.24, 2.45) is 0 Å². The summed E-state index contributed by atoms with van der Waals surface area (Å²) in [5, 5.41) is 4.19. The van der Waals surface area contributed by atoms with Crippen molar-refractivity contribution < 1.29 is 14.3 Å². The number of amides is 2. The first kappa shape index (κ1) is 23.3. The fourth-order valence-electron chi connectivity index (χ4n) is 2.69. The molecule has 2 aromatic rings. The van der Waals surface area contributed by atoms with E-state index >= 15 is 0 Å². The molecule has 0 aliphatic rings. The summed E-state index contributed by atoms with van der Waals surface area (Å²) in [4.78, 5) is 26.7. The molecule has 0 aromatic heterocycles. The molecule has 156 valence electrons. The third-order valence-corrected chi connectivity index (χ3v) is 5.53. The molecule has 5 nitrogen and oxygen atoms in total. The molecule has 0 saturated carbocycles. The molecule has 29 heavy (non-hydrogen) atoms. The monoisotopic (exact) mass is 456 g/mol. The summed E-state index contributed by atoms with van der Waals surface area (Å²) in [6.07, 6.45) is 0. The van der Waals surface area contributed by atoms with Crippen molar-refractivity contribution in [2.75, 3.05) is 13.2 Å². The van der Waals surface area contributed by atoms with E-state index < -0.39 is 6.04 Å². The first-order valence-corrected chi connectivity index (χ1v) is 10.3. The van der Waals surface area contributed by atoms with E-state index in [0.717, 1.165) is 5.56 Å². The Morgan fingerprint density at radius 2 is 1.76 bits per heavy atom. The Labute approximate surface area is 185 Å². The largest absolute Gasteiger partial charge is 0.484 e. The molecule has 0 aliphatic carbocycles. The Morgan fingerprint density at radius 1 is 1.10 bits per heavy atom. The quantitative estimate of drug-likeness (QED) is 0.614. The van der Waals surface area contributed by atoms with Crippen LogP contribution >= 0.6 is 34.8 Å². The summed E-state index contributed by atoms with van der Waals surface area (Å²) < 4.78 is 5.63. The van der Waals surface area contributed by atoms with Gasteiger partial charge >= 0.3 is 0 Å². The maximum absolute atomic E-state index is 13.0. The molecule has 2 rings (SSSR count). The number of likely N-dealkylation sites (N-methyl/N-ethyl adjacent to an activating group) is 1. The Bertz CT molecular complexity index is 869. The molecular weight excluding hydrogens is 435 g/mol. The highest BCUT2D eigenvalue weighted by Crippen LogP contribution is 2.27. The van der Waals surface area contributed by atoms with E-state index in [1.165, 1.54) is 4.90 Å². The highest BCUT2D eigenvalue weighted by atomic mass is 35.5. The van der Waals surface area contributed by atoms with Crippen LogP contribution in [0.2, 0.25) is 15.1 Å². The fourth-order valence-corrected chi connectivity index (χ4v) is 3.33. The van der Waals surface area contributed by atoms with Gasteiger partial charge in [0.25, 0.3) is 5.91 Å². The van der Waals surface area contributed by atoms with E-state index in [1.54, 1.807) is 43.3 Å². The molecule has 0 fully saturated rings. The van der Waals surface area contributed by atoms with Crippen LogP contribution in [0, 0.1) is 6.92 Å². The lowest BCUT2D eigenvalue weighted by Gasteiger charge is -2.29. The van der Waals surface area contributed by atoms with Gasteiger partial charge in [-0.2, -0.15) is 0 Å². The third-order valence-electron chi connectivity index (χ3n) is 4.40. The number of hydrogen-bond acceptors (Lipinski definition) is 3. The number of rotatable bonds is 8. The normalized spacial score (nSPS) is 11.7. The van der Waals surface area contributed by atoms with Crippen molar-refractivity contribution >= 4 is 46.6 Å². The first-order chi connectivity index (χ1) is 13.7. The summed E-state index contributed by atoms with van der Waals surface area (Å²) in [5.74, 6) is -0.125. The maximum atomic E-state index is 13.0. The SMILES string of the molecule is CCNC(=O)[C@H](C)N(Cc1c(Cl)cccc1Cl)C(=O)COc1ccc(Cl)c(C)c1. The molecule has 0 heterocycles. The van der Waals surface area contributed by atoms with Crippen LogP contribution in [0.5, 0.6) is 5.75 Å². The van der Waals surface area contributed by atoms with Crippen LogP contribution in [0.25, 0.3) is 0 Å². The third kappa shape index (κ3) is 6.26. The summed E-state index contributed by atoms with van der Waals surface area (Å²) in [6, 6.07) is 9.51. The van der Waals surface area contributed by atoms with Crippen molar-refractivity contribution in [3.63, 3.8) is 0 Å². The lowest BCUT2D eigenvalue weighted by atomic mass is 10.1. The highest BCUT2D eigenvalue weighted by Gasteiger charge is 2.27. The Balaban J connectivity index is 2.22. The zero-order valence-electron chi connectivity index (χ0n) is 16.5. The minimum absolute atomic E-state index is 0.0820. The van der Waals surface area contributed by atoms with Crippen molar-refractivity contribution in [2.45, 2.75) is 33.4 Å². The average Bonchev–Trinajstić information content (AvgIpc) is 2.68. The van der Waals surface area contributed by atoms with Gasteiger partial charge in [-0.1, -0.05) is 40.9 Å². The van der Waals surface area contributed by atoms with Crippen molar-refractivity contribution in [1.82, 2.24) is 10.2 Å². The number of ether oxygens (including phenoxy) is 1. The number of carbonyl (C=O) groups is 2. The van der Waals surface area contributed by atoms with Crippen molar-refractivity contribution in [3.8, 4) is 5.75 Å². The minimum Gasteiger partial charge on any atom is -0.484 e. The molecule has 0 unspecified atom stereocenters. The number of benzene rings is 2. The van der Waals surface area contributed by atoms with Crippen molar-refractivity contribution in [1.29, 1.82) is 0 Å². The second-order valence-corrected chi connectivity index (χ2v) is 7.71. The van der Waals surface area contributed by atoms with E-state index in [2.05, 4.69) is 5.32 Å². The van der Waals surface area contributed by atoms with Crippen molar-refractivity contribution in [3.05, 3.63) is 62.6 Å². The molecule has 2 aromatic carbocycles. The van der Waals surface area contributed by atoms with Gasteiger partial charge in [0.05, 0.1) is 0 Å². The lowest BCUT2D eigenvalue weighted by Crippen LogP contribution is -2.49.